The molecule has 0 spiro atoms. The zero-order valence-corrected chi connectivity index (χ0v) is 9.85. The third-order valence-corrected chi connectivity index (χ3v) is 3.24. The maximum atomic E-state index is 14.0. The summed E-state index contributed by atoms with van der Waals surface area (Å²) >= 11 is 0. The minimum Gasteiger partial charge on any atom is -0.397 e. The number of aromatic nitrogens is 3. The smallest absolute Gasteiger partial charge is 0.173 e. The monoisotopic (exact) mass is 268 g/mol. The van der Waals surface area contributed by atoms with E-state index in [2.05, 4.69) is 9.97 Å². The van der Waals surface area contributed by atoms with Crippen LogP contribution in [0.3, 0.4) is 0 Å². The number of hydrogen-bond donors (Lipinski definition) is 3. The van der Waals surface area contributed by atoms with Crippen molar-refractivity contribution in [1.82, 2.24) is 14.5 Å². The van der Waals surface area contributed by atoms with Crippen molar-refractivity contribution in [1.29, 1.82) is 0 Å². The number of halogens is 1. The lowest BCUT2D eigenvalue weighted by Crippen LogP contribution is -2.30. The van der Waals surface area contributed by atoms with Gasteiger partial charge in [0.25, 0.3) is 0 Å². The second-order valence-electron chi connectivity index (χ2n) is 4.41. The van der Waals surface area contributed by atoms with Gasteiger partial charge in [-0.05, 0) is 6.07 Å². The van der Waals surface area contributed by atoms with E-state index in [1.165, 1.54) is 17.1 Å². The topological polar surface area (TPSA) is 106 Å². The van der Waals surface area contributed by atoms with E-state index in [-0.39, 0.29) is 0 Å². The summed E-state index contributed by atoms with van der Waals surface area (Å²) < 4.78 is 20.7. The first-order valence-electron chi connectivity index (χ1n) is 5.79. The number of ether oxygens (including phenoxy) is 1. The summed E-state index contributed by atoms with van der Waals surface area (Å²) in [5, 5.41) is 18.6. The first-order valence-corrected chi connectivity index (χ1v) is 5.79. The van der Waals surface area contributed by atoms with Crippen molar-refractivity contribution in [2.45, 2.75) is 24.6 Å². The van der Waals surface area contributed by atoms with Crippen LogP contribution in [-0.2, 0) is 4.74 Å². The number of aliphatic hydroxyl groups excluding tert-OH is 2. The average Bonchev–Trinajstić information content (AvgIpc) is 2.94. The van der Waals surface area contributed by atoms with Crippen molar-refractivity contribution < 1.29 is 19.3 Å². The van der Waals surface area contributed by atoms with Gasteiger partial charge in [-0.1, -0.05) is 0 Å². The molecule has 3 rings (SSSR count). The van der Waals surface area contributed by atoms with E-state index in [1.807, 2.05) is 0 Å². The Morgan fingerprint density at radius 2 is 2.26 bits per heavy atom. The van der Waals surface area contributed by atoms with Crippen LogP contribution in [0.15, 0.2) is 18.6 Å². The molecule has 1 unspecified atom stereocenters. The highest BCUT2D eigenvalue weighted by Gasteiger charge is 2.45. The zero-order chi connectivity index (χ0) is 13.6. The van der Waals surface area contributed by atoms with Crippen LogP contribution in [-0.4, -0.2) is 49.7 Å². The summed E-state index contributed by atoms with van der Waals surface area (Å²) in [6.45, 7) is -0.458. The highest BCUT2D eigenvalue weighted by Crippen LogP contribution is 2.33. The fourth-order valence-electron chi connectivity index (χ4n) is 2.22. The van der Waals surface area contributed by atoms with Crippen molar-refractivity contribution in [3.63, 3.8) is 0 Å². The van der Waals surface area contributed by atoms with Crippen molar-refractivity contribution in [3.8, 4) is 0 Å². The number of rotatable bonds is 2. The summed E-state index contributed by atoms with van der Waals surface area (Å²) in [5.74, 6) is 0. The Balaban J connectivity index is 2.04. The van der Waals surface area contributed by atoms with Gasteiger partial charge in [-0.15, -0.1) is 0 Å². The van der Waals surface area contributed by atoms with Gasteiger partial charge in [-0.2, -0.15) is 0 Å². The molecule has 0 amide bonds. The van der Waals surface area contributed by atoms with Gasteiger partial charge in [-0.25, -0.2) is 14.4 Å². The van der Waals surface area contributed by atoms with E-state index in [1.54, 1.807) is 6.07 Å². The Hall–Kier alpha value is -1.77. The van der Waals surface area contributed by atoms with Crippen LogP contribution in [0.25, 0.3) is 11.2 Å². The molecule has 4 N–H and O–H groups in total. The molecule has 0 radical (unpaired) electrons. The molecule has 0 aromatic carbocycles. The maximum absolute atomic E-state index is 14.0. The standard InChI is InChI=1S/C11H13FN4O3/c12-7-9(18)6(3-17)19-11(7)16-4-15-8-5(13)1-2-14-10(8)16/h1-2,4,6-7,9,11,17-18H,3H2,(H2,13,14)/t6-,7+,9-,11?/m1/s1. The van der Waals surface area contributed by atoms with Crippen molar-refractivity contribution in [3.05, 3.63) is 18.6 Å². The van der Waals surface area contributed by atoms with E-state index < -0.39 is 31.2 Å². The third kappa shape index (κ3) is 1.76. The van der Waals surface area contributed by atoms with Gasteiger partial charge in [-0.3, -0.25) is 4.57 Å². The fourth-order valence-corrected chi connectivity index (χ4v) is 2.22. The van der Waals surface area contributed by atoms with E-state index in [4.69, 9.17) is 15.6 Å². The number of nitrogen functional groups attached to an aromatic ring is 1. The molecule has 4 atom stereocenters. The lowest BCUT2D eigenvalue weighted by molar-refractivity contribution is -0.0459. The van der Waals surface area contributed by atoms with Gasteiger partial charge in [0.15, 0.2) is 18.0 Å². The van der Waals surface area contributed by atoms with E-state index in [0.717, 1.165) is 0 Å². The molecule has 0 bridgehead atoms. The van der Waals surface area contributed by atoms with Gasteiger partial charge in [0.2, 0.25) is 0 Å². The predicted molar refractivity (Wildman–Crippen MR) is 63.8 cm³/mol. The number of fused-ring (bicyclic) bond motifs is 1. The van der Waals surface area contributed by atoms with Crippen LogP contribution in [0.5, 0.6) is 0 Å². The highest BCUT2D eigenvalue weighted by molar-refractivity contribution is 5.83. The van der Waals surface area contributed by atoms with E-state index in [0.29, 0.717) is 16.9 Å². The van der Waals surface area contributed by atoms with Gasteiger partial charge in [0.05, 0.1) is 18.6 Å². The number of imidazole rings is 1. The SMILES string of the molecule is Nc1ccnc2c1ncn2C1O[C@H](CO)[C@@H](O)[C@@H]1F. The molecule has 1 aliphatic rings. The highest BCUT2D eigenvalue weighted by atomic mass is 19.1. The molecule has 102 valence electrons. The number of aliphatic hydroxyl groups is 2. The molecule has 1 fully saturated rings. The van der Waals surface area contributed by atoms with E-state index in [9.17, 15) is 9.50 Å². The van der Waals surface area contributed by atoms with E-state index >= 15 is 0 Å². The molecule has 1 saturated heterocycles. The number of pyridine rings is 1. The van der Waals surface area contributed by atoms with Crippen molar-refractivity contribution in [2.75, 3.05) is 12.3 Å². The van der Waals surface area contributed by atoms with Crippen molar-refractivity contribution >= 4 is 16.9 Å². The molecular weight excluding hydrogens is 255 g/mol. The third-order valence-electron chi connectivity index (χ3n) is 3.24. The molecule has 19 heavy (non-hydrogen) atoms. The molecule has 0 saturated carbocycles. The fraction of sp³-hybridized carbons (Fsp3) is 0.455. The summed E-state index contributed by atoms with van der Waals surface area (Å²) in [4.78, 5) is 8.14. The normalized spacial score (nSPS) is 31.1. The van der Waals surface area contributed by atoms with Crippen molar-refractivity contribution in [2.24, 2.45) is 0 Å². The molecule has 8 heteroatoms. The summed E-state index contributed by atoms with van der Waals surface area (Å²) in [7, 11) is 0. The minimum absolute atomic E-state index is 0.374. The van der Waals surface area contributed by atoms with Crippen LogP contribution in [0.4, 0.5) is 10.1 Å². The second-order valence-corrected chi connectivity index (χ2v) is 4.41. The molecule has 0 aliphatic carbocycles. The second kappa shape index (κ2) is 4.41. The number of nitrogens with two attached hydrogens (primary N) is 1. The van der Waals surface area contributed by atoms with Gasteiger partial charge in [0, 0.05) is 6.20 Å². The van der Waals surface area contributed by atoms with Crippen LogP contribution in [0, 0.1) is 0 Å². The van der Waals surface area contributed by atoms with Crippen LogP contribution in [0.2, 0.25) is 0 Å². The number of alkyl halides is 1. The largest absolute Gasteiger partial charge is 0.397 e. The lowest BCUT2D eigenvalue weighted by atomic mass is 10.1. The number of anilines is 1. The quantitative estimate of drug-likeness (QED) is 0.684. The predicted octanol–water partition coefficient (Wildman–Crippen LogP) is -0.398. The summed E-state index contributed by atoms with van der Waals surface area (Å²) in [6.07, 6.45) is -2.24. The summed E-state index contributed by atoms with van der Waals surface area (Å²) in [6, 6.07) is 1.59. The molecule has 7 nitrogen and oxygen atoms in total. The molecule has 2 aromatic heterocycles. The maximum Gasteiger partial charge on any atom is 0.173 e. The average molecular weight is 268 g/mol. The Bertz CT molecular complexity index is 605. The zero-order valence-electron chi connectivity index (χ0n) is 9.85. The minimum atomic E-state index is -1.67. The number of nitrogens with zero attached hydrogens (tertiary/aromatic N) is 3. The first kappa shape index (κ1) is 12.3. The van der Waals surface area contributed by atoms with Gasteiger partial charge >= 0.3 is 0 Å². The van der Waals surface area contributed by atoms with Crippen LogP contribution >= 0.6 is 0 Å². The molecule has 2 aromatic rings. The van der Waals surface area contributed by atoms with Gasteiger partial charge < -0.3 is 20.7 Å². The lowest BCUT2D eigenvalue weighted by Gasteiger charge is -2.14. The Morgan fingerprint density at radius 3 is 2.95 bits per heavy atom. The molecule has 1 aliphatic heterocycles. The number of hydrogen-bond acceptors (Lipinski definition) is 6. The Morgan fingerprint density at radius 1 is 1.47 bits per heavy atom. The van der Waals surface area contributed by atoms with Crippen LogP contribution < -0.4 is 5.73 Å². The molecule has 3 heterocycles. The summed E-state index contributed by atoms with van der Waals surface area (Å²) in [5.41, 5.74) is 6.99. The Kier molecular flexibility index (Phi) is 2.85. The first-order chi connectivity index (χ1) is 9.13. The molecular formula is C11H13FN4O3. The van der Waals surface area contributed by atoms with Gasteiger partial charge in [0.1, 0.15) is 17.7 Å². The Labute approximate surface area is 107 Å². The van der Waals surface area contributed by atoms with Crippen LogP contribution in [0.1, 0.15) is 6.23 Å².